The predicted molar refractivity (Wildman–Crippen MR) is 82.4 cm³/mol. The SMILES string of the molecule is O=C(CO)c1ccnc2c1CC(Cc1ccc(F)c(Cl)c1)=C2. The Kier molecular flexibility index (Phi) is 4.05. The maximum atomic E-state index is 13.2. The first-order valence-corrected chi connectivity index (χ1v) is 7.21. The lowest BCUT2D eigenvalue weighted by atomic mass is 9.99. The molecule has 0 aliphatic heterocycles. The van der Waals surface area contributed by atoms with Gasteiger partial charge in [-0.2, -0.15) is 0 Å². The minimum Gasteiger partial charge on any atom is -0.388 e. The number of hydrogen-bond acceptors (Lipinski definition) is 3. The standard InChI is InChI=1S/C17H13ClFNO2/c18-14-7-10(1-2-15(14)19)5-11-6-13-12(17(22)9-21)3-4-20-16(13)8-11/h1-4,7-8,21H,5-6,9H2. The van der Waals surface area contributed by atoms with Crippen molar-refractivity contribution in [3.63, 3.8) is 0 Å². The van der Waals surface area contributed by atoms with Crippen LogP contribution < -0.4 is 0 Å². The van der Waals surface area contributed by atoms with Crippen LogP contribution in [0.15, 0.2) is 36.0 Å². The Labute approximate surface area is 132 Å². The first kappa shape index (κ1) is 14.9. The van der Waals surface area contributed by atoms with Crippen molar-refractivity contribution in [1.82, 2.24) is 4.98 Å². The van der Waals surface area contributed by atoms with E-state index in [2.05, 4.69) is 4.98 Å². The number of ketones is 1. The Morgan fingerprint density at radius 1 is 1.36 bits per heavy atom. The van der Waals surface area contributed by atoms with E-state index in [1.165, 1.54) is 6.07 Å². The number of benzene rings is 1. The minimum atomic E-state index is -0.515. The van der Waals surface area contributed by atoms with Gasteiger partial charge in [0, 0.05) is 11.8 Å². The molecule has 1 N–H and O–H groups in total. The van der Waals surface area contributed by atoms with Crippen LogP contribution in [0.4, 0.5) is 4.39 Å². The molecule has 1 aromatic heterocycles. The summed E-state index contributed by atoms with van der Waals surface area (Å²) in [6.07, 6.45) is 4.71. The Balaban J connectivity index is 1.84. The topological polar surface area (TPSA) is 50.2 Å². The molecule has 112 valence electrons. The van der Waals surface area contributed by atoms with E-state index in [0.717, 1.165) is 22.4 Å². The molecule has 22 heavy (non-hydrogen) atoms. The first-order chi connectivity index (χ1) is 10.6. The molecule has 0 fully saturated rings. The Hall–Kier alpha value is -2.04. The lowest BCUT2D eigenvalue weighted by Crippen LogP contribution is -2.09. The molecule has 3 rings (SSSR count). The largest absolute Gasteiger partial charge is 0.388 e. The molecule has 0 saturated heterocycles. The number of rotatable bonds is 4. The van der Waals surface area contributed by atoms with Crippen molar-refractivity contribution < 1.29 is 14.3 Å². The molecule has 3 nitrogen and oxygen atoms in total. The van der Waals surface area contributed by atoms with Gasteiger partial charge in [0.1, 0.15) is 12.4 Å². The number of carbonyl (C=O) groups is 1. The number of hydrogen-bond donors (Lipinski definition) is 1. The molecule has 0 radical (unpaired) electrons. The van der Waals surface area contributed by atoms with Crippen LogP contribution in [0.3, 0.4) is 0 Å². The van der Waals surface area contributed by atoms with Gasteiger partial charge in [0.2, 0.25) is 0 Å². The molecule has 0 spiro atoms. The summed E-state index contributed by atoms with van der Waals surface area (Å²) in [5.74, 6) is -0.746. The molecule has 0 saturated carbocycles. The quantitative estimate of drug-likeness (QED) is 0.881. The van der Waals surface area contributed by atoms with E-state index >= 15 is 0 Å². The molecule has 1 aromatic carbocycles. The zero-order valence-electron chi connectivity index (χ0n) is 11.6. The van der Waals surface area contributed by atoms with E-state index in [9.17, 15) is 9.18 Å². The number of carbonyl (C=O) groups excluding carboxylic acids is 1. The van der Waals surface area contributed by atoms with E-state index in [-0.39, 0.29) is 10.8 Å². The van der Waals surface area contributed by atoms with Gasteiger partial charge < -0.3 is 5.11 Å². The van der Waals surface area contributed by atoms with Crippen LogP contribution >= 0.6 is 11.6 Å². The van der Waals surface area contributed by atoms with Gasteiger partial charge in [-0.05, 0) is 48.2 Å². The predicted octanol–water partition coefficient (Wildman–Crippen LogP) is 3.23. The number of aromatic nitrogens is 1. The number of fused-ring (bicyclic) bond motifs is 1. The van der Waals surface area contributed by atoms with Crippen molar-refractivity contribution in [2.75, 3.05) is 6.61 Å². The van der Waals surface area contributed by atoms with Gasteiger partial charge in [-0.1, -0.05) is 23.2 Å². The van der Waals surface area contributed by atoms with Crippen molar-refractivity contribution in [3.05, 3.63) is 69.3 Å². The third kappa shape index (κ3) is 2.80. The number of Topliss-reactive ketones (excluding diaryl/α,β-unsaturated/α-hetero) is 1. The molecular weight excluding hydrogens is 305 g/mol. The van der Waals surface area contributed by atoms with Crippen molar-refractivity contribution in [2.45, 2.75) is 12.8 Å². The van der Waals surface area contributed by atoms with Gasteiger partial charge in [0.25, 0.3) is 0 Å². The Morgan fingerprint density at radius 3 is 2.91 bits per heavy atom. The molecule has 1 aliphatic carbocycles. The highest BCUT2D eigenvalue weighted by Crippen LogP contribution is 2.29. The van der Waals surface area contributed by atoms with Crippen molar-refractivity contribution in [3.8, 4) is 0 Å². The van der Waals surface area contributed by atoms with E-state index in [1.807, 2.05) is 6.08 Å². The van der Waals surface area contributed by atoms with Crippen molar-refractivity contribution >= 4 is 23.5 Å². The zero-order chi connectivity index (χ0) is 15.7. The summed E-state index contributed by atoms with van der Waals surface area (Å²) in [6.45, 7) is -0.515. The molecule has 2 aromatic rings. The highest BCUT2D eigenvalue weighted by molar-refractivity contribution is 6.30. The lowest BCUT2D eigenvalue weighted by Gasteiger charge is -2.06. The summed E-state index contributed by atoms with van der Waals surface area (Å²) in [4.78, 5) is 16.0. The summed E-state index contributed by atoms with van der Waals surface area (Å²) in [5.41, 5.74) is 4.08. The Morgan fingerprint density at radius 2 is 2.18 bits per heavy atom. The lowest BCUT2D eigenvalue weighted by molar-refractivity contribution is 0.0903. The molecule has 0 unspecified atom stereocenters. The summed E-state index contributed by atoms with van der Waals surface area (Å²) < 4.78 is 13.2. The van der Waals surface area contributed by atoms with Crippen LogP contribution in [0.5, 0.6) is 0 Å². The normalized spacial score (nSPS) is 13.0. The fourth-order valence-electron chi connectivity index (χ4n) is 2.66. The second-order valence-electron chi connectivity index (χ2n) is 5.21. The Bertz CT molecular complexity index is 786. The van der Waals surface area contributed by atoms with Crippen LogP contribution in [-0.2, 0) is 12.8 Å². The second-order valence-corrected chi connectivity index (χ2v) is 5.62. The van der Waals surface area contributed by atoms with Gasteiger partial charge in [0.15, 0.2) is 5.78 Å². The maximum Gasteiger partial charge on any atom is 0.188 e. The fourth-order valence-corrected chi connectivity index (χ4v) is 2.87. The van der Waals surface area contributed by atoms with E-state index in [1.54, 1.807) is 24.4 Å². The summed E-state index contributed by atoms with van der Waals surface area (Å²) in [7, 11) is 0. The van der Waals surface area contributed by atoms with Crippen LogP contribution in [-0.4, -0.2) is 22.5 Å². The maximum absolute atomic E-state index is 13.2. The van der Waals surface area contributed by atoms with Gasteiger partial charge in [-0.25, -0.2) is 4.39 Å². The minimum absolute atomic E-state index is 0.0999. The number of pyridine rings is 1. The van der Waals surface area contributed by atoms with Gasteiger partial charge in [0.05, 0.1) is 10.7 Å². The summed E-state index contributed by atoms with van der Waals surface area (Å²) in [5, 5.41) is 9.14. The number of aliphatic hydroxyl groups excluding tert-OH is 1. The number of aliphatic hydroxyl groups is 1. The monoisotopic (exact) mass is 317 g/mol. The van der Waals surface area contributed by atoms with Crippen molar-refractivity contribution in [2.24, 2.45) is 0 Å². The average Bonchev–Trinajstić information content (AvgIpc) is 2.92. The zero-order valence-corrected chi connectivity index (χ0v) is 12.4. The first-order valence-electron chi connectivity index (χ1n) is 6.84. The summed E-state index contributed by atoms with van der Waals surface area (Å²) in [6, 6.07) is 6.27. The second kappa shape index (κ2) is 5.99. The highest BCUT2D eigenvalue weighted by atomic mass is 35.5. The average molecular weight is 318 g/mol. The van der Waals surface area contributed by atoms with Crippen molar-refractivity contribution in [1.29, 1.82) is 0 Å². The van der Waals surface area contributed by atoms with Gasteiger partial charge in [-0.3, -0.25) is 9.78 Å². The number of allylic oxidation sites excluding steroid dienone is 1. The molecule has 1 aliphatic rings. The molecule has 0 amide bonds. The molecular formula is C17H13ClFNO2. The third-order valence-electron chi connectivity index (χ3n) is 3.69. The van der Waals surface area contributed by atoms with E-state index in [4.69, 9.17) is 16.7 Å². The fraction of sp³-hybridized carbons (Fsp3) is 0.176. The molecule has 0 bridgehead atoms. The van der Waals surface area contributed by atoms with E-state index in [0.29, 0.717) is 18.4 Å². The number of halogens is 2. The van der Waals surface area contributed by atoms with Gasteiger partial charge in [-0.15, -0.1) is 0 Å². The third-order valence-corrected chi connectivity index (χ3v) is 3.98. The van der Waals surface area contributed by atoms with Crippen LogP contribution in [0.25, 0.3) is 6.08 Å². The number of nitrogens with zero attached hydrogens (tertiary/aromatic N) is 1. The molecule has 5 heteroatoms. The van der Waals surface area contributed by atoms with Crippen LogP contribution in [0.2, 0.25) is 5.02 Å². The van der Waals surface area contributed by atoms with Gasteiger partial charge >= 0.3 is 0 Å². The molecule has 1 heterocycles. The van der Waals surface area contributed by atoms with Crippen LogP contribution in [0.1, 0.15) is 27.2 Å². The van der Waals surface area contributed by atoms with E-state index < -0.39 is 12.4 Å². The smallest absolute Gasteiger partial charge is 0.188 e. The highest BCUT2D eigenvalue weighted by Gasteiger charge is 2.20. The van der Waals surface area contributed by atoms with Crippen LogP contribution in [0, 0.1) is 5.82 Å². The molecule has 0 atom stereocenters. The summed E-state index contributed by atoms with van der Waals surface area (Å²) >= 11 is 5.79.